The van der Waals surface area contributed by atoms with Gasteiger partial charge in [0.25, 0.3) is 0 Å². The van der Waals surface area contributed by atoms with E-state index >= 15 is 0 Å². The average molecular weight is 252 g/mol. The van der Waals surface area contributed by atoms with Gasteiger partial charge < -0.3 is 15.7 Å². The number of anilines is 2. The van der Waals surface area contributed by atoms with Crippen molar-refractivity contribution in [2.24, 2.45) is 0 Å². The van der Waals surface area contributed by atoms with Crippen LogP contribution in [0.4, 0.5) is 11.6 Å². The number of aliphatic hydroxyl groups is 1. The van der Waals surface area contributed by atoms with E-state index in [-0.39, 0.29) is 12.1 Å². The van der Waals surface area contributed by atoms with Crippen LogP contribution in [0.5, 0.6) is 0 Å². The van der Waals surface area contributed by atoms with E-state index in [4.69, 9.17) is 0 Å². The van der Waals surface area contributed by atoms with Gasteiger partial charge in [-0.15, -0.1) is 0 Å². The molecule has 2 unspecified atom stereocenters. The Kier molecular flexibility index (Phi) is 5.85. The lowest BCUT2D eigenvalue weighted by atomic mass is 10.1. The number of aromatic nitrogens is 2. The average Bonchev–Trinajstić information content (AvgIpc) is 2.27. The van der Waals surface area contributed by atoms with Crippen molar-refractivity contribution < 1.29 is 5.11 Å². The SMILES string of the molecule is CCNc1cc(NC(C)CC(C)O)nc(CC)n1. The highest BCUT2D eigenvalue weighted by molar-refractivity contribution is 5.48. The minimum Gasteiger partial charge on any atom is -0.393 e. The number of rotatable bonds is 7. The molecule has 18 heavy (non-hydrogen) atoms. The minimum absolute atomic E-state index is 0.180. The molecule has 5 nitrogen and oxygen atoms in total. The van der Waals surface area contributed by atoms with Crippen LogP contribution < -0.4 is 10.6 Å². The maximum absolute atomic E-state index is 9.36. The maximum Gasteiger partial charge on any atom is 0.132 e. The summed E-state index contributed by atoms with van der Waals surface area (Å²) >= 11 is 0. The Morgan fingerprint density at radius 1 is 1.22 bits per heavy atom. The van der Waals surface area contributed by atoms with E-state index in [1.165, 1.54) is 0 Å². The zero-order valence-corrected chi connectivity index (χ0v) is 11.7. The third-order valence-corrected chi connectivity index (χ3v) is 2.54. The molecule has 1 heterocycles. The van der Waals surface area contributed by atoms with Gasteiger partial charge in [-0.25, -0.2) is 9.97 Å². The summed E-state index contributed by atoms with van der Waals surface area (Å²) in [4.78, 5) is 8.84. The van der Waals surface area contributed by atoms with Crippen molar-refractivity contribution in [3.8, 4) is 0 Å². The molecule has 0 aromatic carbocycles. The highest BCUT2D eigenvalue weighted by Gasteiger charge is 2.08. The molecule has 0 aliphatic carbocycles. The molecule has 0 saturated carbocycles. The Labute approximate surface area is 109 Å². The van der Waals surface area contributed by atoms with E-state index in [0.717, 1.165) is 30.4 Å². The van der Waals surface area contributed by atoms with Gasteiger partial charge in [0.1, 0.15) is 17.5 Å². The van der Waals surface area contributed by atoms with Crippen molar-refractivity contribution >= 4 is 11.6 Å². The number of aliphatic hydroxyl groups excluding tert-OH is 1. The molecule has 0 aliphatic heterocycles. The second-order valence-electron chi connectivity index (χ2n) is 4.57. The van der Waals surface area contributed by atoms with Crippen molar-refractivity contribution in [2.75, 3.05) is 17.2 Å². The van der Waals surface area contributed by atoms with Crippen LogP contribution in [0.2, 0.25) is 0 Å². The fourth-order valence-electron chi connectivity index (χ4n) is 1.82. The van der Waals surface area contributed by atoms with Gasteiger partial charge in [0, 0.05) is 25.1 Å². The van der Waals surface area contributed by atoms with Crippen LogP contribution in [-0.4, -0.2) is 33.8 Å². The molecule has 5 heteroatoms. The Bertz CT molecular complexity index is 368. The summed E-state index contributed by atoms with van der Waals surface area (Å²) in [6, 6.07) is 2.08. The van der Waals surface area contributed by atoms with Crippen LogP contribution in [0.15, 0.2) is 6.07 Å². The predicted octanol–water partition coefficient (Wildman–Crippen LogP) is 2.04. The van der Waals surface area contributed by atoms with Crippen LogP contribution in [-0.2, 0) is 6.42 Å². The smallest absolute Gasteiger partial charge is 0.132 e. The second kappa shape index (κ2) is 7.16. The zero-order chi connectivity index (χ0) is 13.5. The quantitative estimate of drug-likeness (QED) is 0.693. The fourth-order valence-corrected chi connectivity index (χ4v) is 1.82. The van der Waals surface area contributed by atoms with Crippen LogP contribution in [0, 0.1) is 0 Å². The van der Waals surface area contributed by atoms with Gasteiger partial charge in [-0.05, 0) is 27.2 Å². The van der Waals surface area contributed by atoms with E-state index < -0.39 is 0 Å². The number of nitrogens with zero attached hydrogens (tertiary/aromatic N) is 2. The van der Waals surface area contributed by atoms with E-state index in [0.29, 0.717) is 6.42 Å². The molecule has 0 bridgehead atoms. The van der Waals surface area contributed by atoms with E-state index in [2.05, 4.69) is 20.6 Å². The zero-order valence-electron chi connectivity index (χ0n) is 11.7. The second-order valence-corrected chi connectivity index (χ2v) is 4.57. The molecule has 1 rings (SSSR count). The van der Waals surface area contributed by atoms with Gasteiger partial charge in [-0.3, -0.25) is 0 Å². The van der Waals surface area contributed by atoms with Crippen molar-refractivity contribution in [1.29, 1.82) is 0 Å². The van der Waals surface area contributed by atoms with Crippen LogP contribution in [0.1, 0.15) is 39.9 Å². The molecule has 3 N–H and O–H groups in total. The molecule has 0 amide bonds. The van der Waals surface area contributed by atoms with Crippen molar-refractivity contribution in [3.63, 3.8) is 0 Å². The van der Waals surface area contributed by atoms with Crippen molar-refractivity contribution in [3.05, 3.63) is 11.9 Å². The molecule has 1 aromatic heterocycles. The topological polar surface area (TPSA) is 70.1 Å². The van der Waals surface area contributed by atoms with E-state index in [9.17, 15) is 5.11 Å². The normalized spacial score (nSPS) is 14.1. The Balaban J connectivity index is 2.77. The molecule has 2 atom stereocenters. The van der Waals surface area contributed by atoms with Crippen molar-refractivity contribution in [1.82, 2.24) is 9.97 Å². The standard InChI is InChI=1S/C13H24N4O/c1-5-11-16-12(14-6-2)8-13(17-11)15-9(3)7-10(4)18/h8-10,18H,5-7H2,1-4H3,(H2,14,15,16,17). The molecule has 102 valence electrons. The summed E-state index contributed by atoms with van der Waals surface area (Å²) in [6.07, 6.45) is 1.19. The first kappa shape index (κ1) is 14.7. The lowest BCUT2D eigenvalue weighted by Crippen LogP contribution is -2.21. The molecule has 1 aromatic rings. The molecular formula is C13H24N4O. The van der Waals surface area contributed by atoms with Gasteiger partial charge in [0.2, 0.25) is 0 Å². The van der Waals surface area contributed by atoms with Crippen LogP contribution in [0.25, 0.3) is 0 Å². The van der Waals surface area contributed by atoms with Gasteiger partial charge in [0.15, 0.2) is 0 Å². The van der Waals surface area contributed by atoms with E-state index in [1.54, 1.807) is 6.92 Å². The highest BCUT2D eigenvalue weighted by atomic mass is 16.3. The molecule has 0 radical (unpaired) electrons. The summed E-state index contributed by atoms with van der Waals surface area (Å²) < 4.78 is 0. The lowest BCUT2D eigenvalue weighted by molar-refractivity contribution is 0.179. The van der Waals surface area contributed by atoms with Crippen LogP contribution in [0.3, 0.4) is 0 Å². The van der Waals surface area contributed by atoms with Crippen molar-refractivity contribution in [2.45, 2.75) is 52.7 Å². The van der Waals surface area contributed by atoms with E-state index in [1.807, 2.05) is 26.8 Å². The van der Waals surface area contributed by atoms with Crippen LogP contribution >= 0.6 is 0 Å². The molecule has 0 spiro atoms. The Morgan fingerprint density at radius 3 is 2.44 bits per heavy atom. The maximum atomic E-state index is 9.36. The van der Waals surface area contributed by atoms with Gasteiger partial charge >= 0.3 is 0 Å². The Morgan fingerprint density at radius 2 is 1.89 bits per heavy atom. The highest BCUT2D eigenvalue weighted by Crippen LogP contribution is 2.14. The minimum atomic E-state index is -0.312. The first-order valence-electron chi connectivity index (χ1n) is 6.61. The number of aryl methyl sites for hydroxylation is 1. The largest absolute Gasteiger partial charge is 0.393 e. The summed E-state index contributed by atoms with van der Waals surface area (Å²) in [7, 11) is 0. The van der Waals surface area contributed by atoms with Gasteiger partial charge in [-0.2, -0.15) is 0 Å². The first-order chi connectivity index (χ1) is 8.55. The molecule has 0 saturated heterocycles. The number of hydrogen-bond donors (Lipinski definition) is 3. The summed E-state index contributed by atoms with van der Waals surface area (Å²) in [5, 5.41) is 15.8. The summed E-state index contributed by atoms with van der Waals surface area (Å²) in [6.45, 7) is 8.74. The number of nitrogens with one attached hydrogen (secondary N) is 2. The van der Waals surface area contributed by atoms with Gasteiger partial charge in [-0.1, -0.05) is 6.92 Å². The lowest BCUT2D eigenvalue weighted by Gasteiger charge is -2.17. The molecule has 0 aliphatic rings. The third kappa shape index (κ3) is 4.87. The third-order valence-electron chi connectivity index (χ3n) is 2.54. The predicted molar refractivity (Wildman–Crippen MR) is 75.0 cm³/mol. The summed E-state index contributed by atoms with van der Waals surface area (Å²) in [5.41, 5.74) is 0. The number of hydrogen-bond acceptors (Lipinski definition) is 5. The summed E-state index contributed by atoms with van der Waals surface area (Å²) in [5.74, 6) is 2.47. The Hall–Kier alpha value is -1.36. The van der Waals surface area contributed by atoms with Gasteiger partial charge in [0.05, 0.1) is 6.10 Å². The molecular weight excluding hydrogens is 228 g/mol. The monoisotopic (exact) mass is 252 g/mol. The fraction of sp³-hybridized carbons (Fsp3) is 0.692. The first-order valence-corrected chi connectivity index (χ1v) is 6.61. The molecule has 0 fully saturated rings.